The van der Waals surface area contributed by atoms with Crippen LogP contribution in [0.15, 0.2) is 12.1 Å². The first-order valence-electron chi connectivity index (χ1n) is 4.63. The van der Waals surface area contributed by atoms with Crippen LogP contribution in [-0.2, 0) is 4.79 Å². The maximum Gasteiger partial charge on any atom is 0.339 e. The van der Waals surface area contributed by atoms with Gasteiger partial charge in [0.1, 0.15) is 16.9 Å². The standard InChI is InChI=1S/C11H10O6/c1-5(12)9-8(14)4-3-7(11(15)16)10(9)17-6(2)13/h3-4,14H,1-2H3,(H,15,16). The highest BCUT2D eigenvalue weighted by atomic mass is 16.5. The molecule has 0 fully saturated rings. The van der Waals surface area contributed by atoms with Gasteiger partial charge in [0.25, 0.3) is 0 Å². The second-order valence-electron chi connectivity index (χ2n) is 3.29. The van der Waals surface area contributed by atoms with Crippen molar-refractivity contribution in [3.63, 3.8) is 0 Å². The molecule has 1 rings (SSSR count). The van der Waals surface area contributed by atoms with Gasteiger partial charge in [-0.2, -0.15) is 0 Å². The Kier molecular flexibility index (Phi) is 3.47. The number of aromatic carboxylic acids is 1. The number of hydrogen-bond donors (Lipinski definition) is 2. The zero-order valence-electron chi connectivity index (χ0n) is 9.18. The van der Waals surface area contributed by atoms with Gasteiger partial charge >= 0.3 is 11.9 Å². The van der Waals surface area contributed by atoms with Crippen molar-refractivity contribution in [3.8, 4) is 11.5 Å². The van der Waals surface area contributed by atoms with Crippen molar-refractivity contribution in [2.45, 2.75) is 13.8 Å². The van der Waals surface area contributed by atoms with Crippen LogP contribution in [0.25, 0.3) is 0 Å². The lowest BCUT2D eigenvalue weighted by Crippen LogP contribution is -2.11. The molecular formula is C11H10O6. The lowest BCUT2D eigenvalue weighted by molar-refractivity contribution is -0.131. The average Bonchev–Trinajstić information content (AvgIpc) is 2.15. The summed E-state index contributed by atoms with van der Waals surface area (Å²) in [7, 11) is 0. The number of aromatic hydroxyl groups is 1. The van der Waals surface area contributed by atoms with Crippen LogP contribution >= 0.6 is 0 Å². The Morgan fingerprint density at radius 1 is 1.18 bits per heavy atom. The summed E-state index contributed by atoms with van der Waals surface area (Å²) < 4.78 is 4.68. The number of carboxylic acids is 1. The molecule has 0 aliphatic rings. The fourth-order valence-electron chi connectivity index (χ4n) is 1.33. The van der Waals surface area contributed by atoms with Gasteiger partial charge in [0.05, 0.1) is 0 Å². The van der Waals surface area contributed by atoms with Crippen LogP contribution in [0.4, 0.5) is 0 Å². The quantitative estimate of drug-likeness (QED) is 0.466. The monoisotopic (exact) mass is 238 g/mol. The minimum atomic E-state index is -1.36. The molecule has 0 heterocycles. The van der Waals surface area contributed by atoms with Crippen molar-refractivity contribution in [3.05, 3.63) is 23.3 Å². The average molecular weight is 238 g/mol. The molecule has 6 heteroatoms. The van der Waals surface area contributed by atoms with Crippen molar-refractivity contribution in [2.24, 2.45) is 0 Å². The van der Waals surface area contributed by atoms with Crippen LogP contribution < -0.4 is 4.74 Å². The number of rotatable bonds is 3. The normalized spacial score (nSPS) is 9.76. The van der Waals surface area contributed by atoms with Gasteiger partial charge in [0, 0.05) is 6.92 Å². The second-order valence-corrected chi connectivity index (χ2v) is 3.29. The summed E-state index contributed by atoms with van der Waals surface area (Å²) in [4.78, 5) is 33.1. The van der Waals surface area contributed by atoms with Gasteiger partial charge in [-0.25, -0.2) is 4.79 Å². The molecule has 1 aromatic carbocycles. The molecule has 0 aliphatic heterocycles. The molecule has 90 valence electrons. The second kappa shape index (κ2) is 4.65. The van der Waals surface area contributed by atoms with Gasteiger partial charge in [0.2, 0.25) is 0 Å². The molecule has 6 nitrogen and oxygen atoms in total. The van der Waals surface area contributed by atoms with Crippen LogP contribution in [-0.4, -0.2) is 27.9 Å². The van der Waals surface area contributed by atoms with Gasteiger partial charge in [-0.05, 0) is 19.1 Å². The summed E-state index contributed by atoms with van der Waals surface area (Å²) in [6, 6.07) is 2.12. The van der Waals surface area contributed by atoms with Crippen molar-refractivity contribution >= 4 is 17.7 Å². The van der Waals surface area contributed by atoms with Crippen molar-refractivity contribution < 1.29 is 29.3 Å². The summed E-state index contributed by atoms with van der Waals surface area (Å²) in [6.45, 7) is 2.20. The Labute approximate surface area is 96.4 Å². The summed E-state index contributed by atoms with van der Waals surface area (Å²) >= 11 is 0. The Hall–Kier alpha value is -2.37. The Balaban J connectivity index is 3.55. The number of ketones is 1. The minimum absolute atomic E-state index is 0.319. The first-order valence-corrected chi connectivity index (χ1v) is 4.63. The van der Waals surface area contributed by atoms with Crippen molar-refractivity contribution in [1.82, 2.24) is 0 Å². The number of hydrogen-bond acceptors (Lipinski definition) is 5. The van der Waals surface area contributed by atoms with E-state index in [4.69, 9.17) is 5.11 Å². The fourth-order valence-corrected chi connectivity index (χ4v) is 1.33. The van der Waals surface area contributed by atoms with E-state index in [9.17, 15) is 19.5 Å². The zero-order valence-corrected chi connectivity index (χ0v) is 9.18. The van der Waals surface area contributed by atoms with E-state index in [-0.39, 0.29) is 11.1 Å². The largest absolute Gasteiger partial charge is 0.507 e. The van der Waals surface area contributed by atoms with Gasteiger partial charge in [-0.3, -0.25) is 9.59 Å². The van der Waals surface area contributed by atoms with E-state index in [1.54, 1.807) is 0 Å². The molecule has 0 saturated carbocycles. The number of benzene rings is 1. The molecule has 2 N–H and O–H groups in total. The highest BCUT2D eigenvalue weighted by Crippen LogP contribution is 2.32. The van der Waals surface area contributed by atoms with Crippen LogP contribution in [0.3, 0.4) is 0 Å². The van der Waals surface area contributed by atoms with Crippen molar-refractivity contribution in [2.75, 3.05) is 0 Å². The third kappa shape index (κ3) is 2.60. The number of phenols is 1. The van der Waals surface area contributed by atoms with Gasteiger partial charge < -0.3 is 14.9 Å². The Morgan fingerprint density at radius 3 is 2.18 bits per heavy atom. The predicted octanol–water partition coefficient (Wildman–Crippen LogP) is 1.22. The van der Waals surface area contributed by atoms with Crippen LogP contribution in [0.1, 0.15) is 34.6 Å². The third-order valence-corrected chi connectivity index (χ3v) is 1.96. The molecule has 0 bridgehead atoms. The van der Waals surface area contributed by atoms with Crippen LogP contribution in [0.2, 0.25) is 0 Å². The van der Waals surface area contributed by atoms with E-state index >= 15 is 0 Å². The van der Waals surface area contributed by atoms with Crippen LogP contribution in [0, 0.1) is 0 Å². The topological polar surface area (TPSA) is 101 Å². The number of carbonyl (C=O) groups is 3. The molecule has 0 unspecified atom stereocenters. The first-order chi connectivity index (χ1) is 7.84. The number of carbonyl (C=O) groups excluding carboxylic acids is 2. The Bertz CT molecular complexity index is 503. The van der Waals surface area contributed by atoms with E-state index in [0.717, 1.165) is 26.0 Å². The van der Waals surface area contributed by atoms with Gasteiger partial charge in [0.15, 0.2) is 11.5 Å². The lowest BCUT2D eigenvalue weighted by atomic mass is 10.0. The molecule has 0 aliphatic carbocycles. The molecule has 0 radical (unpaired) electrons. The third-order valence-electron chi connectivity index (χ3n) is 1.96. The first kappa shape index (κ1) is 12.7. The Morgan fingerprint density at radius 2 is 1.76 bits per heavy atom. The molecule has 0 atom stereocenters. The van der Waals surface area contributed by atoms with Crippen LogP contribution in [0.5, 0.6) is 11.5 Å². The van der Waals surface area contributed by atoms with E-state index in [0.29, 0.717) is 0 Å². The molecule has 0 spiro atoms. The maximum absolute atomic E-state index is 11.3. The fraction of sp³-hybridized carbons (Fsp3) is 0.182. The number of phenolic OH excluding ortho intramolecular Hbond substituents is 1. The molecule has 0 aromatic heterocycles. The predicted molar refractivity (Wildman–Crippen MR) is 56.4 cm³/mol. The SMILES string of the molecule is CC(=O)Oc1c(C(=O)O)ccc(O)c1C(C)=O. The smallest absolute Gasteiger partial charge is 0.339 e. The summed E-state index contributed by atoms with van der Waals surface area (Å²) in [5.41, 5.74) is -0.677. The number of carboxylic acid groups (broad SMARTS) is 1. The number of Topliss-reactive ketones (excluding diaryl/α,β-unsaturated/α-hetero) is 1. The molecule has 1 aromatic rings. The highest BCUT2D eigenvalue weighted by Gasteiger charge is 2.23. The van der Waals surface area contributed by atoms with E-state index in [2.05, 4.69) is 4.74 Å². The van der Waals surface area contributed by atoms with Crippen molar-refractivity contribution in [1.29, 1.82) is 0 Å². The van der Waals surface area contributed by atoms with E-state index in [1.807, 2.05) is 0 Å². The molecule has 0 amide bonds. The van der Waals surface area contributed by atoms with Gasteiger partial charge in [-0.15, -0.1) is 0 Å². The lowest BCUT2D eigenvalue weighted by Gasteiger charge is -2.11. The molecule has 17 heavy (non-hydrogen) atoms. The minimum Gasteiger partial charge on any atom is -0.507 e. The van der Waals surface area contributed by atoms with E-state index in [1.165, 1.54) is 0 Å². The maximum atomic E-state index is 11.3. The molecular weight excluding hydrogens is 228 g/mol. The summed E-state index contributed by atoms with van der Waals surface area (Å²) in [6.07, 6.45) is 0. The zero-order chi connectivity index (χ0) is 13.2. The van der Waals surface area contributed by atoms with E-state index < -0.39 is 29.2 Å². The number of ether oxygens (including phenoxy) is 1. The highest BCUT2D eigenvalue weighted by molar-refractivity contribution is 6.04. The summed E-state index contributed by atoms with van der Waals surface area (Å²) in [5, 5.41) is 18.4. The van der Waals surface area contributed by atoms with Gasteiger partial charge in [-0.1, -0.05) is 0 Å². The summed E-state index contributed by atoms with van der Waals surface area (Å²) in [5.74, 6) is -3.59. The molecule has 0 saturated heterocycles. The number of esters is 1.